The Morgan fingerprint density at radius 3 is 1.22 bits per heavy atom. The molecule has 4 aromatic carbocycles. The van der Waals surface area contributed by atoms with Crippen molar-refractivity contribution < 1.29 is 25.1 Å². The fourth-order valence-corrected chi connectivity index (χ4v) is 44.5. The van der Waals surface area contributed by atoms with Crippen LogP contribution in [0, 0.1) is 0 Å². The van der Waals surface area contributed by atoms with Gasteiger partial charge in [0.05, 0.1) is 0 Å². The molecule has 2 aliphatic carbocycles. The summed E-state index contributed by atoms with van der Waals surface area (Å²) in [6, 6.07) is 33.0. The van der Waals surface area contributed by atoms with Gasteiger partial charge in [0.2, 0.25) is 0 Å². The third-order valence-electron chi connectivity index (χ3n) is 10.3. The first kappa shape index (κ1) is 39.3. The van der Waals surface area contributed by atoms with Crippen molar-refractivity contribution in [2.75, 3.05) is 0 Å². The summed E-state index contributed by atoms with van der Waals surface area (Å²) in [6.45, 7) is 16.1. The fraction of sp³-hybridized carbons (Fsp3) is 0.250. The van der Waals surface area contributed by atoms with E-state index in [1.54, 1.807) is 0 Å². The minimum atomic E-state index is -7.06. The third kappa shape index (κ3) is 6.49. The Hall–Kier alpha value is -1.93. The van der Waals surface area contributed by atoms with Gasteiger partial charge in [-0.2, -0.15) is 0 Å². The Kier molecular flexibility index (Phi) is 10.4. The zero-order valence-electron chi connectivity index (χ0n) is 29.6. The fourth-order valence-electron chi connectivity index (χ4n) is 8.04. The molecule has 6 rings (SSSR count). The molecule has 0 bridgehead atoms. The first-order chi connectivity index (χ1) is 22.8. The van der Waals surface area contributed by atoms with Gasteiger partial charge in [-0.05, 0) is 0 Å². The molecule has 2 atom stereocenters. The average molecular weight is 923 g/mol. The SMILES string of the molecule is CC1=Cc2c(-c3ccccc3)cccc2[CH]1[Zr]([Cl])([Cl])([NH]C(=O)[Si](C)(C)C)([NH]C(=O)[Si](C)(C)C)[CH]1C(C)=Cc2c(-c3ccccc3)cccc21.[InH3]. The van der Waals surface area contributed by atoms with E-state index in [2.05, 4.69) is 67.2 Å². The quantitative estimate of drug-likeness (QED) is 0.173. The summed E-state index contributed by atoms with van der Waals surface area (Å²) in [7, 11) is 12.4. The van der Waals surface area contributed by atoms with E-state index in [9.17, 15) is 9.59 Å². The number of hydrogen-bond acceptors (Lipinski definition) is 2. The summed E-state index contributed by atoms with van der Waals surface area (Å²) in [4.78, 5) is 29.4. The van der Waals surface area contributed by atoms with Crippen molar-refractivity contribution in [3.05, 3.63) is 130 Å². The van der Waals surface area contributed by atoms with Crippen molar-refractivity contribution in [3.63, 3.8) is 0 Å². The summed E-state index contributed by atoms with van der Waals surface area (Å²) >= 11 is -7.06. The summed E-state index contributed by atoms with van der Waals surface area (Å²) in [5.41, 5.74) is 9.65. The number of nitrogens with one attached hydrogen (secondary N) is 2. The van der Waals surface area contributed by atoms with Crippen molar-refractivity contribution in [1.82, 2.24) is 6.52 Å². The van der Waals surface area contributed by atoms with Gasteiger partial charge < -0.3 is 0 Å². The summed E-state index contributed by atoms with van der Waals surface area (Å²) in [6.07, 6.45) is 4.33. The van der Waals surface area contributed by atoms with Crippen LogP contribution in [0.25, 0.3) is 34.4 Å². The van der Waals surface area contributed by atoms with Crippen LogP contribution in [0.15, 0.2) is 108 Å². The number of fused-ring (bicyclic) bond motifs is 2. The van der Waals surface area contributed by atoms with E-state index in [0.29, 0.717) is 0 Å². The van der Waals surface area contributed by atoms with Crippen molar-refractivity contribution in [3.8, 4) is 22.3 Å². The normalized spacial score (nSPS) is 18.4. The molecule has 4 aromatic rings. The molecule has 0 radical (unpaired) electrons. The Morgan fingerprint density at radius 2 is 0.900 bits per heavy atom. The number of carbonyl (C=O) groups is 2. The van der Waals surface area contributed by atoms with E-state index < -0.39 is 38.9 Å². The van der Waals surface area contributed by atoms with Crippen LogP contribution in [0.3, 0.4) is 0 Å². The molecule has 0 spiro atoms. The maximum absolute atomic E-state index is 14.7. The number of amides is 2. The molecule has 2 N–H and O–H groups in total. The molecule has 4 nitrogen and oxygen atoms in total. The molecular weight excluding hydrogens is 874 g/mol. The molecular formula is C40H49Cl2InN2O2Si2Zr. The Morgan fingerprint density at radius 1 is 0.560 bits per heavy atom. The average Bonchev–Trinajstić information content (AvgIpc) is 3.58. The molecule has 0 fully saturated rings. The third-order valence-corrected chi connectivity index (χ3v) is 36.3. The number of allylic oxidation sites excluding steroid dienone is 2. The van der Waals surface area contributed by atoms with Gasteiger partial charge in [0.15, 0.2) is 0 Å². The van der Waals surface area contributed by atoms with Gasteiger partial charge >= 0.3 is 327 Å². The number of halogens is 2. The predicted octanol–water partition coefficient (Wildman–Crippen LogP) is 11.1. The Bertz CT molecular complexity index is 1940. The molecule has 0 saturated carbocycles. The molecule has 0 heterocycles. The van der Waals surface area contributed by atoms with Gasteiger partial charge in [-0.3, -0.25) is 0 Å². The van der Waals surface area contributed by atoms with Gasteiger partial charge in [-0.15, -0.1) is 0 Å². The molecule has 0 saturated heterocycles. The van der Waals surface area contributed by atoms with E-state index in [1.165, 1.54) is 0 Å². The van der Waals surface area contributed by atoms with Crippen LogP contribution in [0.5, 0.6) is 0 Å². The molecule has 260 valence electrons. The summed E-state index contributed by atoms with van der Waals surface area (Å²) in [5.74, 6) is 0. The molecule has 0 aromatic heterocycles. The number of carbonyl (C=O) groups excluding carboxylic acids is 2. The van der Waals surface area contributed by atoms with Gasteiger partial charge in [0.1, 0.15) is 0 Å². The van der Waals surface area contributed by atoms with Gasteiger partial charge in [-0.25, -0.2) is 0 Å². The summed E-state index contributed by atoms with van der Waals surface area (Å²) in [5, 5.41) is 0. The second-order valence-electron chi connectivity index (χ2n) is 16.2. The monoisotopic (exact) mass is 920 g/mol. The molecule has 2 amide bonds. The predicted molar refractivity (Wildman–Crippen MR) is 222 cm³/mol. The van der Waals surface area contributed by atoms with Crippen LogP contribution in [-0.4, -0.2) is 53.1 Å². The first-order valence-electron chi connectivity index (χ1n) is 17.0. The van der Waals surface area contributed by atoms with Gasteiger partial charge in [0.25, 0.3) is 0 Å². The molecule has 50 heavy (non-hydrogen) atoms. The van der Waals surface area contributed by atoms with Crippen molar-refractivity contribution in [2.24, 2.45) is 0 Å². The maximum atomic E-state index is 14.7. The van der Waals surface area contributed by atoms with Crippen LogP contribution in [0.4, 0.5) is 9.59 Å². The van der Waals surface area contributed by atoms with Crippen LogP contribution < -0.4 is 6.52 Å². The van der Waals surface area contributed by atoms with Gasteiger partial charge in [0, 0.05) is 0 Å². The number of rotatable bonds is 8. The zero-order valence-corrected chi connectivity index (χ0v) is 35.6. The molecule has 10 heteroatoms. The van der Waals surface area contributed by atoms with Crippen molar-refractivity contribution >= 4 is 82.2 Å². The minimum absolute atomic E-state index is 0. The summed E-state index contributed by atoms with van der Waals surface area (Å²) < 4.78 is 5.75. The van der Waals surface area contributed by atoms with Crippen LogP contribution in [0.2, 0.25) is 39.3 Å². The topological polar surface area (TPSA) is 58.2 Å². The van der Waals surface area contributed by atoms with E-state index in [4.69, 9.17) is 17.0 Å². The van der Waals surface area contributed by atoms with Crippen molar-refractivity contribution in [2.45, 2.75) is 60.4 Å². The van der Waals surface area contributed by atoms with Crippen LogP contribution >= 0.6 is 17.0 Å². The van der Waals surface area contributed by atoms with E-state index >= 15 is 0 Å². The molecule has 2 unspecified atom stereocenters. The first-order valence-corrected chi connectivity index (χ1v) is 35.6. The molecule has 0 aliphatic heterocycles. The zero-order chi connectivity index (χ0) is 35.6. The Labute approximate surface area is 323 Å². The number of benzene rings is 4. The standard InChI is InChI=1S/2C16H13.2C4H11NOSi.2ClH.In.Zr.3H/c2*1-12-10-14-8-5-9-15(16(14)11-12)13-6-3-2-4-7-13;2*1-7(2,3)4(5)6;;;;;;;/h2*2-11H,1H3;2*1-3H3,(H2,5,6);2*1H;;;;;/q;;;;;;;+4;;;/p-4. The molecule has 2 aliphatic rings. The Balaban J connectivity index is 0.00000486. The van der Waals surface area contributed by atoms with Crippen molar-refractivity contribution in [1.29, 1.82) is 0 Å². The van der Waals surface area contributed by atoms with Crippen LogP contribution in [0.1, 0.15) is 43.4 Å². The second kappa shape index (κ2) is 13.2. The van der Waals surface area contributed by atoms with E-state index in [-0.39, 0.29) is 36.9 Å². The van der Waals surface area contributed by atoms with E-state index in [1.807, 2.05) is 102 Å². The van der Waals surface area contributed by atoms with Crippen LogP contribution in [-0.2, 0) is 15.5 Å². The second-order valence-corrected chi connectivity index (χ2v) is 51.8. The van der Waals surface area contributed by atoms with Gasteiger partial charge in [-0.1, -0.05) is 0 Å². The number of hydrogen-bond donors (Lipinski definition) is 2. The van der Waals surface area contributed by atoms with E-state index in [0.717, 1.165) is 55.7 Å².